The molecule has 0 atom stereocenters. The van der Waals surface area contributed by atoms with E-state index >= 15 is 0 Å². The van der Waals surface area contributed by atoms with Gasteiger partial charge in [-0.15, -0.1) is 0 Å². The first-order valence-corrected chi connectivity index (χ1v) is 7.89. The number of methoxy groups -OCH3 is 1. The van der Waals surface area contributed by atoms with Crippen molar-refractivity contribution < 1.29 is 4.74 Å². The lowest BCUT2D eigenvalue weighted by atomic mass is 10.4. The Morgan fingerprint density at radius 3 is 2.85 bits per heavy atom. The number of anilines is 1. The van der Waals surface area contributed by atoms with Crippen LogP contribution in [0.2, 0.25) is 0 Å². The van der Waals surface area contributed by atoms with Crippen LogP contribution in [0, 0.1) is 6.92 Å². The molecule has 6 nitrogen and oxygen atoms in total. The van der Waals surface area contributed by atoms with Crippen molar-refractivity contribution in [1.29, 1.82) is 0 Å². The molecule has 2 aromatic rings. The molecule has 2 heterocycles. The lowest BCUT2D eigenvalue weighted by molar-refractivity contribution is 0.177. The highest BCUT2D eigenvalue weighted by molar-refractivity contribution is 8.00. The summed E-state index contributed by atoms with van der Waals surface area (Å²) < 4.78 is 10.2. The first-order valence-electron chi connectivity index (χ1n) is 6.30. The summed E-state index contributed by atoms with van der Waals surface area (Å²) in [5, 5.41) is 4.12. The largest absolute Gasteiger partial charge is 0.377 e. The molecule has 0 aliphatic heterocycles. The predicted octanol–water partition coefficient (Wildman–Crippen LogP) is 2.76. The Hall–Kier alpha value is -1.25. The molecule has 0 aliphatic rings. The number of nitrogens with one attached hydrogen (secondary N) is 1. The first kappa shape index (κ1) is 15.1. The third-order valence-corrected chi connectivity index (χ3v) is 4.04. The molecule has 2 rings (SSSR count). The Labute approximate surface area is 126 Å². The lowest BCUT2D eigenvalue weighted by Crippen LogP contribution is -2.06. The van der Waals surface area contributed by atoms with Crippen molar-refractivity contribution in [2.24, 2.45) is 0 Å². The van der Waals surface area contributed by atoms with Gasteiger partial charge in [0.2, 0.25) is 0 Å². The average Bonchev–Trinajstić information content (AvgIpc) is 2.82. The van der Waals surface area contributed by atoms with E-state index in [0.717, 1.165) is 34.0 Å². The third-order valence-electron chi connectivity index (χ3n) is 2.28. The second-order valence-electron chi connectivity index (χ2n) is 4.08. The number of nitrogens with zero attached hydrogens (tertiary/aromatic N) is 4. The van der Waals surface area contributed by atoms with E-state index in [0.29, 0.717) is 12.4 Å². The van der Waals surface area contributed by atoms with E-state index in [1.165, 1.54) is 23.3 Å². The van der Waals surface area contributed by atoms with Gasteiger partial charge in [-0.2, -0.15) is 4.37 Å². The molecule has 0 saturated carbocycles. The van der Waals surface area contributed by atoms with Crippen molar-refractivity contribution in [2.75, 3.05) is 19.0 Å². The van der Waals surface area contributed by atoms with Gasteiger partial charge in [0.1, 0.15) is 23.3 Å². The lowest BCUT2D eigenvalue weighted by Gasteiger charge is -2.08. The summed E-state index contributed by atoms with van der Waals surface area (Å²) >= 11 is 2.87. The molecule has 0 unspecified atom stereocenters. The molecule has 1 N–H and O–H groups in total. The maximum atomic E-state index is 5.11. The number of aryl methyl sites for hydroxylation is 1. The number of rotatable bonds is 7. The summed E-state index contributed by atoms with van der Waals surface area (Å²) in [7, 11) is 1.64. The van der Waals surface area contributed by atoms with Gasteiger partial charge in [-0.1, -0.05) is 6.92 Å². The Balaban J connectivity index is 2.18. The van der Waals surface area contributed by atoms with E-state index < -0.39 is 0 Å². The van der Waals surface area contributed by atoms with Crippen molar-refractivity contribution in [1.82, 2.24) is 19.3 Å². The molecule has 0 amide bonds. The fourth-order valence-electron chi connectivity index (χ4n) is 1.47. The molecule has 0 aromatic carbocycles. The van der Waals surface area contributed by atoms with E-state index in [4.69, 9.17) is 4.74 Å². The Morgan fingerprint density at radius 1 is 1.35 bits per heavy atom. The molecule has 0 fully saturated rings. The van der Waals surface area contributed by atoms with Crippen molar-refractivity contribution >= 4 is 29.1 Å². The fourth-order valence-corrected chi connectivity index (χ4v) is 3.09. The quantitative estimate of drug-likeness (QED) is 0.788. The zero-order valence-corrected chi connectivity index (χ0v) is 13.3. The first-order chi connectivity index (χ1) is 9.71. The summed E-state index contributed by atoms with van der Waals surface area (Å²) in [5.74, 6) is 2.27. The number of hydrogen-bond donors (Lipinski definition) is 1. The number of ether oxygens (including phenoxy) is 1. The van der Waals surface area contributed by atoms with Crippen LogP contribution < -0.4 is 5.32 Å². The second-order valence-corrected chi connectivity index (χ2v) is 6.10. The summed E-state index contributed by atoms with van der Waals surface area (Å²) in [6, 6.07) is 1.93. The summed E-state index contributed by atoms with van der Waals surface area (Å²) in [5.41, 5.74) is 0. The Kier molecular flexibility index (Phi) is 5.69. The molecule has 0 saturated heterocycles. The van der Waals surface area contributed by atoms with Crippen LogP contribution >= 0.6 is 23.3 Å². The summed E-state index contributed by atoms with van der Waals surface area (Å²) in [6.45, 7) is 5.27. The zero-order valence-electron chi connectivity index (χ0n) is 11.7. The molecule has 0 radical (unpaired) electrons. The third kappa shape index (κ3) is 4.39. The number of aromatic nitrogens is 4. The molecule has 8 heteroatoms. The van der Waals surface area contributed by atoms with Gasteiger partial charge >= 0.3 is 0 Å². The van der Waals surface area contributed by atoms with Crippen molar-refractivity contribution in [2.45, 2.75) is 36.2 Å². The highest BCUT2D eigenvalue weighted by Gasteiger charge is 2.09. The minimum atomic E-state index is 0.393. The fraction of sp³-hybridized carbons (Fsp3) is 0.500. The summed E-state index contributed by atoms with van der Waals surface area (Å²) in [4.78, 5) is 13.2. The molecule has 108 valence electrons. The van der Waals surface area contributed by atoms with Gasteiger partial charge in [0.25, 0.3) is 0 Å². The maximum Gasteiger partial charge on any atom is 0.176 e. The average molecular weight is 311 g/mol. The van der Waals surface area contributed by atoms with Crippen LogP contribution in [0.25, 0.3) is 0 Å². The SMILES string of the molecule is CCCNc1cc(Sc2nc(C)ns2)nc(COC)n1. The van der Waals surface area contributed by atoms with Gasteiger partial charge in [-0.25, -0.2) is 15.0 Å². The smallest absolute Gasteiger partial charge is 0.176 e. The van der Waals surface area contributed by atoms with Crippen LogP contribution in [0.15, 0.2) is 15.4 Å². The predicted molar refractivity (Wildman–Crippen MR) is 80.3 cm³/mol. The second kappa shape index (κ2) is 7.51. The van der Waals surface area contributed by atoms with Crippen LogP contribution in [0.1, 0.15) is 25.0 Å². The van der Waals surface area contributed by atoms with Crippen LogP contribution in [0.3, 0.4) is 0 Å². The van der Waals surface area contributed by atoms with Crippen LogP contribution in [0.5, 0.6) is 0 Å². The van der Waals surface area contributed by atoms with Crippen molar-refractivity contribution in [3.63, 3.8) is 0 Å². The molecule has 20 heavy (non-hydrogen) atoms. The highest BCUT2D eigenvalue weighted by atomic mass is 32.2. The zero-order chi connectivity index (χ0) is 14.4. The monoisotopic (exact) mass is 311 g/mol. The maximum absolute atomic E-state index is 5.11. The van der Waals surface area contributed by atoms with E-state index in [-0.39, 0.29) is 0 Å². The topological polar surface area (TPSA) is 72.8 Å². The summed E-state index contributed by atoms with van der Waals surface area (Å²) in [6.07, 6.45) is 1.04. The van der Waals surface area contributed by atoms with E-state index in [9.17, 15) is 0 Å². The molecular weight excluding hydrogens is 294 g/mol. The minimum Gasteiger partial charge on any atom is -0.377 e. The van der Waals surface area contributed by atoms with Crippen LogP contribution in [-0.4, -0.2) is 33.0 Å². The van der Waals surface area contributed by atoms with Crippen molar-refractivity contribution in [3.8, 4) is 0 Å². The minimum absolute atomic E-state index is 0.393. The van der Waals surface area contributed by atoms with Crippen molar-refractivity contribution in [3.05, 3.63) is 17.7 Å². The van der Waals surface area contributed by atoms with Crippen LogP contribution in [0.4, 0.5) is 5.82 Å². The normalized spacial score (nSPS) is 10.8. The highest BCUT2D eigenvalue weighted by Crippen LogP contribution is 2.28. The Morgan fingerprint density at radius 2 is 2.20 bits per heavy atom. The van der Waals surface area contributed by atoms with E-state index in [2.05, 4.69) is 31.6 Å². The van der Waals surface area contributed by atoms with Crippen LogP contribution in [-0.2, 0) is 11.3 Å². The molecule has 0 aliphatic carbocycles. The van der Waals surface area contributed by atoms with Gasteiger partial charge in [0.15, 0.2) is 10.2 Å². The number of hydrogen-bond acceptors (Lipinski definition) is 8. The Bertz CT molecular complexity index is 561. The van der Waals surface area contributed by atoms with Gasteiger partial charge in [0.05, 0.1) is 0 Å². The standard InChI is InChI=1S/C12H17N5OS2/c1-4-5-13-9-6-11(16-10(15-9)7-18-3)19-12-14-8(2)17-20-12/h6H,4-5,7H2,1-3H3,(H,13,15,16). The molecule has 2 aromatic heterocycles. The van der Waals surface area contributed by atoms with Gasteiger partial charge in [-0.3, -0.25) is 0 Å². The molecule has 0 spiro atoms. The van der Waals surface area contributed by atoms with E-state index in [1.54, 1.807) is 7.11 Å². The van der Waals surface area contributed by atoms with Gasteiger partial charge < -0.3 is 10.1 Å². The van der Waals surface area contributed by atoms with E-state index in [1.807, 2.05) is 13.0 Å². The molecular formula is C12H17N5OS2. The van der Waals surface area contributed by atoms with Gasteiger partial charge in [0, 0.05) is 19.7 Å². The van der Waals surface area contributed by atoms with Gasteiger partial charge in [-0.05, 0) is 36.6 Å². The molecule has 0 bridgehead atoms.